The van der Waals surface area contributed by atoms with Crippen LogP contribution in [-0.2, 0) is 20.3 Å². The van der Waals surface area contributed by atoms with Gasteiger partial charge in [-0.2, -0.15) is 8.78 Å². The van der Waals surface area contributed by atoms with Crippen LogP contribution in [0.2, 0.25) is 0 Å². The summed E-state index contributed by atoms with van der Waals surface area (Å²) in [6.07, 6.45) is 9.07. The standard InChI is InChI=1S/C22H27F2NO3/c23-22(24,18-10-5-4-6-11-18)20(27)15-14-19-12-9-13-21(28)25(19)16-7-2-1-3-8-17-26/h4-6,10-11,14-15,17,19H,1-3,7-9,12-13,16H2/b15-14+/t19-/m1/s1. The van der Waals surface area contributed by atoms with Crippen LogP contribution in [0.1, 0.15) is 56.9 Å². The van der Waals surface area contributed by atoms with E-state index in [1.54, 1.807) is 11.0 Å². The Hall–Kier alpha value is -2.37. The van der Waals surface area contributed by atoms with Crippen molar-refractivity contribution in [1.82, 2.24) is 4.90 Å². The van der Waals surface area contributed by atoms with E-state index in [1.807, 2.05) is 0 Å². The number of benzene rings is 1. The third kappa shape index (κ3) is 6.08. The van der Waals surface area contributed by atoms with Gasteiger partial charge in [-0.15, -0.1) is 0 Å². The van der Waals surface area contributed by atoms with Crippen molar-refractivity contribution < 1.29 is 23.2 Å². The van der Waals surface area contributed by atoms with Gasteiger partial charge in [0, 0.05) is 24.9 Å². The first-order chi connectivity index (χ1) is 13.5. The monoisotopic (exact) mass is 391 g/mol. The summed E-state index contributed by atoms with van der Waals surface area (Å²) >= 11 is 0. The molecule has 0 aromatic heterocycles. The Bertz CT molecular complexity index is 688. The zero-order valence-corrected chi connectivity index (χ0v) is 16.0. The van der Waals surface area contributed by atoms with Crippen LogP contribution in [0.4, 0.5) is 8.78 Å². The second kappa shape index (κ2) is 10.8. The SMILES string of the molecule is O=CCCCCCCN1C(=O)CCC[C@@H]1/C=C/C(=O)C(F)(F)c1ccccc1. The number of hydrogen-bond donors (Lipinski definition) is 0. The fourth-order valence-corrected chi connectivity index (χ4v) is 3.39. The van der Waals surface area contributed by atoms with Crippen molar-refractivity contribution >= 4 is 18.0 Å². The number of likely N-dealkylation sites (tertiary alicyclic amines) is 1. The lowest BCUT2D eigenvalue weighted by atomic mass is 9.98. The van der Waals surface area contributed by atoms with Crippen molar-refractivity contribution in [3.05, 3.63) is 48.0 Å². The zero-order valence-electron chi connectivity index (χ0n) is 16.0. The third-order valence-electron chi connectivity index (χ3n) is 5.00. The molecule has 1 aliphatic heterocycles. The van der Waals surface area contributed by atoms with Gasteiger partial charge in [-0.1, -0.05) is 49.2 Å². The Morgan fingerprint density at radius 1 is 1.14 bits per heavy atom. The van der Waals surface area contributed by atoms with Crippen molar-refractivity contribution in [2.45, 2.75) is 63.3 Å². The Balaban J connectivity index is 1.95. The summed E-state index contributed by atoms with van der Waals surface area (Å²) < 4.78 is 28.6. The predicted octanol–water partition coefficient (Wildman–Crippen LogP) is 4.43. The van der Waals surface area contributed by atoms with E-state index in [2.05, 4.69) is 0 Å². The first kappa shape index (κ1) is 21.9. The molecule has 4 nitrogen and oxygen atoms in total. The van der Waals surface area contributed by atoms with E-state index in [0.717, 1.165) is 38.0 Å². The van der Waals surface area contributed by atoms with Crippen molar-refractivity contribution in [2.24, 2.45) is 0 Å². The highest BCUT2D eigenvalue weighted by Crippen LogP contribution is 2.29. The number of ketones is 1. The van der Waals surface area contributed by atoms with Gasteiger partial charge in [-0.05, 0) is 31.8 Å². The highest BCUT2D eigenvalue weighted by Gasteiger charge is 2.39. The lowest BCUT2D eigenvalue weighted by Crippen LogP contribution is -2.43. The number of aldehydes is 1. The molecule has 1 atom stereocenters. The van der Waals surface area contributed by atoms with Crippen molar-refractivity contribution in [2.75, 3.05) is 6.54 Å². The van der Waals surface area contributed by atoms with Crippen LogP contribution < -0.4 is 0 Å². The fourth-order valence-electron chi connectivity index (χ4n) is 3.39. The maximum absolute atomic E-state index is 14.3. The van der Waals surface area contributed by atoms with Crippen LogP contribution in [0.3, 0.4) is 0 Å². The Kier molecular flexibility index (Phi) is 8.48. The van der Waals surface area contributed by atoms with Crippen molar-refractivity contribution in [3.8, 4) is 0 Å². The molecule has 1 heterocycles. The largest absolute Gasteiger partial charge is 0.336 e. The number of rotatable bonds is 11. The summed E-state index contributed by atoms with van der Waals surface area (Å²) in [6, 6.07) is 6.68. The normalized spacial score (nSPS) is 17.9. The molecule has 1 aromatic rings. The number of amides is 1. The minimum Gasteiger partial charge on any atom is -0.336 e. The molecule has 6 heteroatoms. The van der Waals surface area contributed by atoms with E-state index >= 15 is 0 Å². The second-order valence-electron chi connectivity index (χ2n) is 7.08. The molecule has 1 fully saturated rings. The van der Waals surface area contributed by atoms with Crippen LogP contribution in [0.25, 0.3) is 0 Å². The lowest BCUT2D eigenvalue weighted by Gasteiger charge is -2.34. The smallest absolute Gasteiger partial charge is 0.334 e. The lowest BCUT2D eigenvalue weighted by molar-refractivity contribution is -0.139. The predicted molar refractivity (Wildman–Crippen MR) is 103 cm³/mol. The van der Waals surface area contributed by atoms with Gasteiger partial charge in [0.25, 0.3) is 0 Å². The average Bonchev–Trinajstić information content (AvgIpc) is 2.70. The Morgan fingerprint density at radius 2 is 1.86 bits per heavy atom. The summed E-state index contributed by atoms with van der Waals surface area (Å²) in [5.74, 6) is -4.86. The van der Waals surface area contributed by atoms with Gasteiger partial charge in [-0.25, -0.2) is 0 Å². The fraction of sp³-hybridized carbons (Fsp3) is 0.500. The molecule has 1 aliphatic rings. The minimum atomic E-state index is -3.58. The van der Waals surface area contributed by atoms with E-state index in [0.29, 0.717) is 32.2 Å². The van der Waals surface area contributed by atoms with E-state index in [4.69, 9.17) is 0 Å². The van der Waals surface area contributed by atoms with Gasteiger partial charge in [0.05, 0.1) is 6.04 Å². The maximum Gasteiger partial charge on any atom is 0.334 e. The topological polar surface area (TPSA) is 54.5 Å². The molecule has 0 N–H and O–H groups in total. The summed E-state index contributed by atoms with van der Waals surface area (Å²) in [5.41, 5.74) is -0.337. The van der Waals surface area contributed by atoms with Crippen LogP contribution >= 0.6 is 0 Å². The van der Waals surface area contributed by atoms with E-state index in [9.17, 15) is 23.2 Å². The second-order valence-corrected chi connectivity index (χ2v) is 7.08. The molecule has 0 spiro atoms. The van der Waals surface area contributed by atoms with Crippen LogP contribution in [0.5, 0.6) is 0 Å². The molecule has 0 aliphatic carbocycles. The number of halogens is 2. The zero-order chi connectivity index (χ0) is 20.4. The Labute approximate surface area is 164 Å². The molecule has 1 amide bonds. The minimum absolute atomic E-state index is 0.00365. The van der Waals surface area contributed by atoms with Crippen molar-refractivity contribution in [1.29, 1.82) is 0 Å². The molecule has 1 saturated heterocycles. The van der Waals surface area contributed by atoms with E-state index in [1.165, 1.54) is 30.3 Å². The number of hydrogen-bond acceptors (Lipinski definition) is 3. The molecule has 152 valence electrons. The first-order valence-electron chi connectivity index (χ1n) is 9.86. The highest BCUT2D eigenvalue weighted by molar-refractivity contribution is 5.96. The van der Waals surface area contributed by atoms with Gasteiger partial charge in [0.1, 0.15) is 6.29 Å². The van der Waals surface area contributed by atoms with Gasteiger partial charge in [0.2, 0.25) is 11.7 Å². The summed E-state index contributed by atoms with van der Waals surface area (Å²) in [6.45, 7) is 0.540. The van der Waals surface area contributed by atoms with Gasteiger partial charge < -0.3 is 9.69 Å². The highest BCUT2D eigenvalue weighted by atomic mass is 19.3. The average molecular weight is 391 g/mol. The van der Waals surface area contributed by atoms with Gasteiger partial charge in [0.15, 0.2) is 0 Å². The maximum atomic E-state index is 14.3. The molecule has 0 saturated carbocycles. The number of alkyl halides is 2. The summed E-state index contributed by atoms with van der Waals surface area (Å²) in [4.78, 5) is 36.3. The Morgan fingerprint density at radius 3 is 2.57 bits per heavy atom. The molecule has 0 bridgehead atoms. The summed E-state index contributed by atoms with van der Waals surface area (Å²) in [7, 11) is 0. The third-order valence-corrected chi connectivity index (χ3v) is 5.00. The van der Waals surface area contributed by atoms with Gasteiger partial charge in [-0.3, -0.25) is 9.59 Å². The number of allylic oxidation sites excluding steroid dienone is 1. The van der Waals surface area contributed by atoms with Crippen LogP contribution in [-0.4, -0.2) is 35.5 Å². The van der Waals surface area contributed by atoms with Gasteiger partial charge >= 0.3 is 5.92 Å². The molecule has 0 unspecified atom stereocenters. The molecule has 0 radical (unpaired) electrons. The molecule has 28 heavy (non-hydrogen) atoms. The first-order valence-corrected chi connectivity index (χ1v) is 9.86. The molecular formula is C22H27F2NO3. The van der Waals surface area contributed by atoms with Crippen molar-refractivity contribution in [3.63, 3.8) is 0 Å². The number of nitrogens with zero attached hydrogens (tertiary/aromatic N) is 1. The van der Waals surface area contributed by atoms with Crippen LogP contribution in [0.15, 0.2) is 42.5 Å². The van der Waals surface area contributed by atoms with E-state index in [-0.39, 0.29) is 17.5 Å². The number of unbranched alkanes of at least 4 members (excludes halogenated alkanes) is 4. The quantitative estimate of drug-likeness (QED) is 0.318. The molecule has 2 rings (SSSR count). The van der Waals surface area contributed by atoms with Crippen LogP contribution in [0, 0.1) is 0 Å². The number of carbonyl (C=O) groups is 3. The molecule has 1 aromatic carbocycles. The summed E-state index contributed by atoms with van der Waals surface area (Å²) in [5, 5.41) is 0. The molecular weight excluding hydrogens is 364 g/mol. The number of carbonyl (C=O) groups excluding carboxylic acids is 3. The van der Waals surface area contributed by atoms with E-state index < -0.39 is 11.7 Å². The number of piperidine rings is 1.